The van der Waals surface area contributed by atoms with E-state index in [4.69, 9.17) is 0 Å². The predicted octanol–water partition coefficient (Wildman–Crippen LogP) is 2.42. The quantitative estimate of drug-likeness (QED) is 0.748. The first-order chi connectivity index (χ1) is 15.1. The highest BCUT2D eigenvalue weighted by molar-refractivity contribution is 6.00. The van der Waals surface area contributed by atoms with Gasteiger partial charge in [0, 0.05) is 51.4 Å². The molecule has 2 aromatic rings. The maximum Gasteiger partial charge on any atom is 0.240 e. The number of fused-ring (bicyclic) bond motifs is 1. The van der Waals surface area contributed by atoms with Crippen molar-refractivity contribution in [3.8, 4) is 0 Å². The molecule has 31 heavy (non-hydrogen) atoms. The van der Waals surface area contributed by atoms with Crippen LogP contribution < -0.4 is 10.2 Å². The van der Waals surface area contributed by atoms with E-state index in [1.165, 1.54) is 5.56 Å². The number of anilines is 1. The third kappa shape index (κ3) is 5.32. The maximum atomic E-state index is 12.7. The number of aryl methyl sites for hydroxylation is 1. The molecule has 0 saturated carbocycles. The van der Waals surface area contributed by atoms with Crippen LogP contribution in [0.4, 0.5) is 5.69 Å². The van der Waals surface area contributed by atoms with E-state index in [1.54, 1.807) is 4.90 Å². The molecular weight excluding hydrogens is 388 g/mol. The topological polar surface area (TPSA) is 55.9 Å². The Morgan fingerprint density at radius 2 is 1.58 bits per heavy atom. The fourth-order valence-corrected chi connectivity index (χ4v) is 4.45. The van der Waals surface area contributed by atoms with Crippen LogP contribution in [-0.2, 0) is 29.1 Å². The van der Waals surface area contributed by atoms with Gasteiger partial charge in [-0.2, -0.15) is 0 Å². The molecule has 1 fully saturated rings. The Labute approximate surface area is 184 Å². The second-order valence-electron chi connectivity index (χ2n) is 8.36. The minimum atomic E-state index is -0.128. The van der Waals surface area contributed by atoms with Crippen molar-refractivity contribution in [1.29, 1.82) is 0 Å². The Kier molecular flexibility index (Phi) is 6.99. The molecule has 1 saturated heterocycles. The number of rotatable bonds is 7. The van der Waals surface area contributed by atoms with E-state index in [-0.39, 0.29) is 18.4 Å². The largest absolute Gasteiger partial charge is 0.350 e. The summed E-state index contributed by atoms with van der Waals surface area (Å²) in [6.45, 7) is 9.15. The minimum Gasteiger partial charge on any atom is -0.350 e. The number of hydrogen-bond acceptors (Lipinski definition) is 4. The summed E-state index contributed by atoms with van der Waals surface area (Å²) in [5, 5.41) is 3.03. The molecule has 2 amide bonds. The average molecular weight is 421 g/mol. The van der Waals surface area contributed by atoms with Crippen molar-refractivity contribution >= 4 is 17.5 Å². The van der Waals surface area contributed by atoms with E-state index >= 15 is 0 Å². The lowest BCUT2D eigenvalue weighted by Crippen LogP contribution is -2.45. The molecule has 6 heteroatoms. The molecule has 0 aromatic heterocycles. The number of para-hydroxylation sites is 1. The number of nitrogens with one attached hydrogen (secondary N) is 1. The van der Waals surface area contributed by atoms with Crippen molar-refractivity contribution in [2.75, 3.05) is 44.2 Å². The predicted molar refractivity (Wildman–Crippen MR) is 123 cm³/mol. The smallest absolute Gasteiger partial charge is 0.240 e. The fraction of sp³-hybridized carbons (Fsp3) is 0.440. The molecule has 0 aliphatic carbocycles. The highest BCUT2D eigenvalue weighted by Crippen LogP contribution is 2.27. The summed E-state index contributed by atoms with van der Waals surface area (Å²) in [4.78, 5) is 31.7. The summed E-state index contributed by atoms with van der Waals surface area (Å²) in [5.74, 6) is -0.114. The zero-order chi connectivity index (χ0) is 21.6. The van der Waals surface area contributed by atoms with Gasteiger partial charge in [0.15, 0.2) is 0 Å². The summed E-state index contributed by atoms with van der Waals surface area (Å²) in [5.41, 5.74) is 4.38. The summed E-state index contributed by atoms with van der Waals surface area (Å²) in [6.07, 6.45) is 1.20. The van der Waals surface area contributed by atoms with Gasteiger partial charge >= 0.3 is 0 Å². The number of carbonyl (C=O) groups is 2. The van der Waals surface area contributed by atoms with Crippen LogP contribution >= 0.6 is 0 Å². The molecule has 4 rings (SSSR count). The van der Waals surface area contributed by atoms with Crippen LogP contribution in [0.15, 0.2) is 48.5 Å². The second kappa shape index (κ2) is 10.1. The van der Waals surface area contributed by atoms with Crippen molar-refractivity contribution in [1.82, 2.24) is 15.1 Å². The number of amides is 2. The molecule has 164 valence electrons. The molecule has 6 nitrogen and oxygen atoms in total. The third-order valence-corrected chi connectivity index (χ3v) is 6.39. The van der Waals surface area contributed by atoms with Gasteiger partial charge in [-0.05, 0) is 35.7 Å². The number of hydrogen-bond donors (Lipinski definition) is 1. The van der Waals surface area contributed by atoms with Crippen LogP contribution in [0.1, 0.15) is 30.0 Å². The molecule has 2 heterocycles. The standard InChI is InChI=1S/C25H32N4O2/c1-2-27-13-15-28(16-14-27)18-22-9-4-3-8-21(22)17-26-24(30)19-29-23-10-6-5-7-20(23)11-12-25(29)31/h3-10H,2,11-19H2,1H3,(H,26,30). The summed E-state index contributed by atoms with van der Waals surface area (Å²) in [6, 6.07) is 16.2. The van der Waals surface area contributed by atoms with Crippen molar-refractivity contribution in [2.24, 2.45) is 0 Å². The van der Waals surface area contributed by atoms with Gasteiger partial charge in [-0.1, -0.05) is 49.4 Å². The zero-order valence-electron chi connectivity index (χ0n) is 18.3. The maximum absolute atomic E-state index is 12.7. The lowest BCUT2D eigenvalue weighted by Gasteiger charge is -2.34. The normalized spacial score (nSPS) is 17.5. The van der Waals surface area contributed by atoms with Crippen LogP contribution in [0.5, 0.6) is 0 Å². The summed E-state index contributed by atoms with van der Waals surface area (Å²) < 4.78 is 0. The summed E-state index contributed by atoms with van der Waals surface area (Å²) >= 11 is 0. The van der Waals surface area contributed by atoms with Crippen LogP contribution in [-0.4, -0.2) is 60.9 Å². The first-order valence-corrected chi connectivity index (χ1v) is 11.3. The Morgan fingerprint density at radius 3 is 2.35 bits per heavy atom. The van der Waals surface area contributed by atoms with Crippen molar-refractivity contribution in [3.63, 3.8) is 0 Å². The van der Waals surface area contributed by atoms with Gasteiger partial charge in [0.2, 0.25) is 11.8 Å². The van der Waals surface area contributed by atoms with Gasteiger partial charge in [0.1, 0.15) is 6.54 Å². The van der Waals surface area contributed by atoms with E-state index in [2.05, 4.69) is 40.2 Å². The van der Waals surface area contributed by atoms with E-state index in [0.29, 0.717) is 13.0 Å². The molecule has 0 spiro atoms. The molecule has 2 aromatic carbocycles. The summed E-state index contributed by atoms with van der Waals surface area (Å²) in [7, 11) is 0. The minimum absolute atomic E-state index is 0.0143. The zero-order valence-corrected chi connectivity index (χ0v) is 18.3. The van der Waals surface area contributed by atoms with Gasteiger partial charge in [0.05, 0.1) is 0 Å². The molecule has 0 bridgehead atoms. The van der Waals surface area contributed by atoms with Crippen LogP contribution in [0, 0.1) is 0 Å². The van der Waals surface area contributed by atoms with Crippen molar-refractivity contribution < 1.29 is 9.59 Å². The molecule has 0 atom stereocenters. The van der Waals surface area contributed by atoms with E-state index in [9.17, 15) is 9.59 Å². The van der Waals surface area contributed by atoms with Gasteiger partial charge in [-0.3, -0.25) is 14.5 Å². The van der Waals surface area contributed by atoms with Crippen molar-refractivity contribution in [3.05, 3.63) is 65.2 Å². The van der Waals surface area contributed by atoms with Crippen LogP contribution in [0.2, 0.25) is 0 Å². The first-order valence-electron chi connectivity index (χ1n) is 11.3. The Morgan fingerprint density at radius 1 is 0.903 bits per heavy atom. The van der Waals surface area contributed by atoms with Crippen molar-refractivity contribution in [2.45, 2.75) is 32.9 Å². The highest BCUT2D eigenvalue weighted by Gasteiger charge is 2.25. The lowest BCUT2D eigenvalue weighted by atomic mass is 10.0. The van der Waals surface area contributed by atoms with Gasteiger partial charge < -0.3 is 15.1 Å². The molecular formula is C25H32N4O2. The number of piperazine rings is 1. The molecule has 1 N–H and O–H groups in total. The first kappa shape index (κ1) is 21.5. The second-order valence-corrected chi connectivity index (χ2v) is 8.36. The van der Waals surface area contributed by atoms with Crippen LogP contribution in [0.25, 0.3) is 0 Å². The Bertz CT molecular complexity index is 921. The number of nitrogens with zero attached hydrogens (tertiary/aromatic N) is 3. The monoisotopic (exact) mass is 420 g/mol. The van der Waals surface area contributed by atoms with E-state index in [0.717, 1.165) is 62.5 Å². The SMILES string of the molecule is CCN1CCN(Cc2ccccc2CNC(=O)CN2C(=O)CCc3ccccc32)CC1. The van der Waals surface area contributed by atoms with Gasteiger partial charge in [-0.15, -0.1) is 0 Å². The number of carbonyl (C=O) groups excluding carboxylic acids is 2. The van der Waals surface area contributed by atoms with E-state index in [1.807, 2.05) is 30.3 Å². The lowest BCUT2D eigenvalue weighted by molar-refractivity contribution is -0.124. The molecule has 2 aliphatic heterocycles. The third-order valence-electron chi connectivity index (χ3n) is 6.39. The fourth-order valence-electron chi connectivity index (χ4n) is 4.45. The molecule has 0 unspecified atom stereocenters. The average Bonchev–Trinajstić information content (AvgIpc) is 2.81. The number of benzene rings is 2. The molecule has 0 radical (unpaired) electrons. The van der Waals surface area contributed by atoms with E-state index < -0.39 is 0 Å². The van der Waals surface area contributed by atoms with Gasteiger partial charge in [-0.25, -0.2) is 0 Å². The Hall–Kier alpha value is -2.70. The highest BCUT2D eigenvalue weighted by atomic mass is 16.2. The Balaban J connectivity index is 1.34. The van der Waals surface area contributed by atoms with Gasteiger partial charge in [0.25, 0.3) is 0 Å². The number of likely N-dealkylation sites (N-methyl/N-ethyl adjacent to an activating group) is 1. The van der Waals surface area contributed by atoms with Crippen LogP contribution in [0.3, 0.4) is 0 Å². The molecule has 2 aliphatic rings.